The quantitative estimate of drug-likeness (QED) is 0.149. The summed E-state index contributed by atoms with van der Waals surface area (Å²) in [6.07, 6.45) is 23.9. The first-order valence-corrected chi connectivity index (χ1v) is 9.95. The van der Waals surface area contributed by atoms with E-state index in [0.717, 1.165) is 13.1 Å². The molecule has 0 aromatic heterocycles. The largest absolute Gasteiger partial charge is 0.269 e. The molecular formula is C20H42N2. The van der Waals surface area contributed by atoms with E-state index in [0.29, 0.717) is 0 Å². The molecule has 0 spiro atoms. The van der Waals surface area contributed by atoms with E-state index in [9.17, 15) is 0 Å². The molecule has 0 aliphatic carbocycles. The second-order valence-electron chi connectivity index (χ2n) is 6.57. The Kier molecular flexibility index (Phi) is 18.4. The molecule has 0 saturated carbocycles. The van der Waals surface area contributed by atoms with Crippen molar-refractivity contribution in [3.63, 3.8) is 0 Å². The highest BCUT2D eigenvalue weighted by Crippen LogP contribution is 2.09. The van der Waals surface area contributed by atoms with Gasteiger partial charge < -0.3 is 0 Å². The third kappa shape index (κ3) is 17.7. The molecule has 0 aromatic rings. The van der Waals surface area contributed by atoms with Crippen molar-refractivity contribution in [3.05, 3.63) is 12.2 Å². The Morgan fingerprint density at radius 2 is 1.09 bits per heavy atom. The second kappa shape index (κ2) is 18.7. The van der Waals surface area contributed by atoms with Gasteiger partial charge in [0.05, 0.1) is 0 Å². The van der Waals surface area contributed by atoms with Crippen molar-refractivity contribution in [2.24, 2.45) is 5.84 Å². The number of hydrazine groups is 1. The minimum absolute atomic E-state index is 0.963. The molecule has 2 nitrogen and oxygen atoms in total. The van der Waals surface area contributed by atoms with E-state index in [2.05, 4.69) is 26.0 Å². The summed E-state index contributed by atoms with van der Waals surface area (Å²) in [4.78, 5) is 0. The zero-order chi connectivity index (χ0) is 16.3. The molecular weight excluding hydrogens is 268 g/mol. The minimum Gasteiger partial charge on any atom is -0.269 e. The number of rotatable bonds is 17. The van der Waals surface area contributed by atoms with E-state index in [1.807, 2.05) is 5.01 Å². The van der Waals surface area contributed by atoms with Crippen molar-refractivity contribution < 1.29 is 0 Å². The lowest BCUT2D eigenvalue weighted by Gasteiger charge is -2.12. The predicted molar refractivity (Wildman–Crippen MR) is 101 cm³/mol. The Labute approximate surface area is 140 Å². The van der Waals surface area contributed by atoms with Crippen LogP contribution in [0.5, 0.6) is 0 Å². The molecule has 0 aliphatic rings. The van der Waals surface area contributed by atoms with Crippen LogP contribution in [0.3, 0.4) is 0 Å². The molecule has 0 bridgehead atoms. The maximum atomic E-state index is 5.76. The average Bonchev–Trinajstić information content (AvgIpc) is 2.54. The molecule has 0 saturated heterocycles. The molecule has 132 valence electrons. The average molecular weight is 311 g/mol. The first-order valence-electron chi connectivity index (χ1n) is 9.95. The van der Waals surface area contributed by atoms with Crippen LogP contribution >= 0.6 is 0 Å². The summed E-state index contributed by atoms with van der Waals surface area (Å²) in [5.74, 6) is 5.76. The number of nitrogens with two attached hydrogens (primary N) is 1. The topological polar surface area (TPSA) is 29.3 Å². The van der Waals surface area contributed by atoms with Crippen molar-refractivity contribution >= 4 is 0 Å². The van der Waals surface area contributed by atoms with Crippen LogP contribution in [-0.4, -0.2) is 18.1 Å². The lowest BCUT2D eigenvalue weighted by molar-refractivity contribution is 0.290. The van der Waals surface area contributed by atoms with E-state index in [4.69, 9.17) is 5.84 Å². The van der Waals surface area contributed by atoms with Gasteiger partial charge in [-0.05, 0) is 32.1 Å². The third-order valence-electron chi connectivity index (χ3n) is 4.36. The molecule has 0 atom stereocenters. The highest BCUT2D eigenvalue weighted by Gasteiger charge is 1.95. The van der Waals surface area contributed by atoms with Crippen LogP contribution in [0.25, 0.3) is 0 Å². The van der Waals surface area contributed by atoms with Gasteiger partial charge in [0.25, 0.3) is 0 Å². The van der Waals surface area contributed by atoms with Gasteiger partial charge in [-0.15, -0.1) is 0 Å². The molecule has 2 N–H and O–H groups in total. The molecule has 0 heterocycles. The Morgan fingerprint density at radius 1 is 0.636 bits per heavy atom. The second-order valence-corrected chi connectivity index (χ2v) is 6.57. The molecule has 2 heteroatoms. The van der Waals surface area contributed by atoms with Crippen LogP contribution in [0.15, 0.2) is 12.2 Å². The van der Waals surface area contributed by atoms with Crippen molar-refractivity contribution in [1.82, 2.24) is 5.01 Å². The SMILES string of the molecule is CCCCCCCCC=CCCCCCCCCN(N)CC. The van der Waals surface area contributed by atoms with Gasteiger partial charge in [0.15, 0.2) is 0 Å². The molecule has 22 heavy (non-hydrogen) atoms. The normalized spacial score (nSPS) is 11.8. The Bertz CT molecular complexity index is 226. The van der Waals surface area contributed by atoms with Gasteiger partial charge in [-0.1, -0.05) is 83.8 Å². The molecule has 0 aliphatic heterocycles. The minimum atomic E-state index is 0.963. The standard InChI is InChI=1S/C20H42N2/c1-3-5-6-7-8-9-10-11-12-13-14-15-16-17-18-19-20-22(21)4-2/h11-12H,3-10,13-21H2,1-2H3. The fraction of sp³-hybridized carbons (Fsp3) is 0.900. The summed E-state index contributed by atoms with van der Waals surface area (Å²) in [5, 5.41) is 1.91. The summed E-state index contributed by atoms with van der Waals surface area (Å²) in [6.45, 7) is 6.41. The third-order valence-corrected chi connectivity index (χ3v) is 4.36. The fourth-order valence-electron chi connectivity index (χ4n) is 2.72. The highest BCUT2D eigenvalue weighted by molar-refractivity contribution is 4.81. The Hall–Kier alpha value is -0.340. The number of unbranched alkanes of at least 4 members (excludes halogenated alkanes) is 12. The van der Waals surface area contributed by atoms with Crippen molar-refractivity contribution in [2.75, 3.05) is 13.1 Å². The van der Waals surface area contributed by atoms with E-state index in [1.54, 1.807) is 0 Å². The van der Waals surface area contributed by atoms with Crippen molar-refractivity contribution in [2.45, 2.75) is 104 Å². The van der Waals surface area contributed by atoms with Gasteiger partial charge in [0.2, 0.25) is 0 Å². The van der Waals surface area contributed by atoms with Crippen LogP contribution in [0.2, 0.25) is 0 Å². The van der Waals surface area contributed by atoms with Gasteiger partial charge in [-0.25, -0.2) is 5.01 Å². The van der Waals surface area contributed by atoms with Gasteiger partial charge in [-0.2, -0.15) is 0 Å². The van der Waals surface area contributed by atoms with Crippen molar-refractivity contribution in [3.8, 4) is 0 Å². The Balaban J connectivity index is 3.08. The molecule has 0 fully saturated rings. The van der Waals surface area contributed by atoms with Crippen LogP contribution < -0.4 is 5.84 Å². The number of hydrogen-bond acceptors (Lipinski definition) is 2. The van der Waals surface area contributed by atoms with Crippen molar-refractivity contribution in [1.29, 1.82) is 0 Å². The first kappa shape index (κ1) is 21.7. The lowest BCUT2D eigenvalue weighted by atomic mass is 10.1. The summed E-state index contributed by atoms with van der Waals surface area (Å²) in [5.41, 5.74) is 0. The molecule has 0 radical (unpaired) electrons. The number of nitrogens with zero attached hydrogens (tertiary/aromatic N) is 1. The molecule has 0 aromatic carbocycles. The van der Waals surface area contributed by atoms with Gasteiger partial charge >= 0.3 is 0 Å². The highest BCUT2D eigenvalue weighted by atomic mass is 15.4. The van der Waals surface area contributed by atoms with Crippen LogP contribution in [-0.2, 0) is 0 Å². The van der Waals surface area contributed by atoms with Gasteiger partial charge in [-0.3, -0.25) is 5.84 Å². The summed E-state index contributed by atoms with van der Waals surface area (Å²) in [7, 11) is 0. The van der Waals surface area contributed by atoms with E-state index in [-0.39, 0.29) is 0 Å². The molecule has 0 unspecified atom stereocenters. The summed E-state index contributed by atoms with van der Waals surface area (Å²) < 4.78 is 0. The van der Waals surface area contributed by atoms with Crippen LogP contribution in [0.4, 0.5) is 0 Å². The smallest absolute Gasteiger partial charge is 0.0128 e. The number of hydrogen-bond donors (Lipinski definition) is 1. The zero-order valence-electron chi connectivity index (χ0n) is 15.5. The molecule has 0 rings (SSSR count). The van der Waals surface area contributed by atoms with E-state index >= 15 is 0 Å². The molecule has 0 amide bonds. The maximum absolute atomic E-state index is 5.76. The Morgan fingerprint density at radius 3 is 1.59 bits per heavy atom. The van der Waals surface area contributed by atoms with E-state index < -0.39 is 0 Å². The van der Waals surface area contributed by atoms with Crippen LogP contribution in [0, 0.1) is 0 Å². The van der Waals surface area contributed by atoms with E-state index in [1.165, 1.54) is 89.9 Å². The fourth-order valence-corrected chi connectivity index (χ4v) is 2.72. The summed E-state index contributed by atoms with van der Waals surface area (Å²) in [6, 6.07) is 0. The van der Waals surface area contributed by atoms with Gasteiger partial charge in [0.1, 0.15) is 0 Å². The number of allylic oxidation sites excluding steroid dienone is 2. The first-order chi connectivity index (χ1) is 10.8. The maximum Gasteiger partial charge on any atom is 0.0128 e. The monoisotopic (exact) mass is 310 g/mol. The zero-order valence-corrected chi connectivity index (χ0v) is 15.5. The van der Waals surface area contributed by atoms with Crippen LogP contribution in [0.1, 0.15) is 104 Å². The lowest BCUT2D eigenvalue weighted by Crippen LogP contribution is -2.31. The predicted octanol–water partition coefficient (Wildman–Crippen LogP) is 6.22. The summed E-state index contributed by atoms with van der Waals surface area (Å²) >= 11 is 0. The van der Waals surface area contributed by atoms with Gasteiger partial charge in [0, 0.05) is 13.1 Å².